The van der Waals surface area contributed by atoms with Crippen LogP contribution < -0.4 is 15.2 Å². The van der Waals surface area contributed by atoms with Crippen molar-refractivity contribution in [2.75, 3.05) is 33.0 Å². The van der Waals surface area contributed by atoms with Gasteiger partial charge < -0.3 is 24.7 Å². The summed E-state index contributed by atoms with van der Waals surface area (Å²) in [6, 6.07) is 6.09. The second-order valence-corrected chi connectivity index (χ2v) is 8.75. The molecule has 0 spiro atoms. The Labute approximate surface area is 188 Å². The smallest absolute Gasteiger partial charge is 0.246 e. The summed E-state index contributed by atoms with van der Waals surface area (Å²) in [5.74, 6) is 1.88. The highest BCUT2D eigenvalue weighted by Gasteiger charge is 2.29. The van der Waals surface area contributed by atoms with Gasteiger partial charge in [-0.3, -0.25) is 4.79 Å². The summed E-state index contributed by atoms with van der Waals surface area (Å²) in [4.78, 5) is 23.7. The van der Waals surface area contributed by atoms with E-state index in [9.17, 15) is 4.79 Å². The Morgan fingerprint density at radius 1 is 1.28 bits per heavy atom. The van der Waals surface area contributed by atoms with E-state index in [4.69, 9.17) is 15.2 Å². The number of fused-ring (bicyclic) bond motifs is 2. The van der Waals surface area contributed by atoms with Crippen LogP contribution in [0.1, 0.15) is 12.5 Å². The zero-order chi connectivity index (χ0) is 22.4. The molecule has 8 nitrogen and oxygen atoms in total. The predicted molar refractivity (Wildman–Crippen MR) is 126 cm³/mol. The minimum absolute atomic E-state index is 0.0520. The lowest BCUT2D eigenvalue weighted by atomic mass is 10.1. The van der Waals surface area contributed by atoms with Crippen LogP contribution in [0.4, 0.5) is 5.82 Å². The van der Waals surface area contributed by atoms with Crippen molar-refractivity contribution in [3.63, 3.8) is 0 Å². The van der Waals surface area contributed by atoms with Gasteiger partial charge in [0.1, 0.15) is 29.3 Å². The van der Waals surface area contributed by atoms with E-state index in [1.807, 2.05) is 17.0 Å². The highest BCUT2D eigenvalue weighted by Crippen LogP contribution is 2.44. The molecule has 32 heavy (non-hydrogen) atoms. The van der Waals surface area contributed by atoms with E-state index in [1.165, 1.54) is 12.4 Å². The van der Waals surface area contributed by atoms with Crippen molar-refractivity contribution in [3.05, 3.63) is 43.4 Å². The predicted octanol–water partition coefficient (Wildman–Crippen LogP) is 3.87. The number of hydrogen-bond donors (Lipinski definition) is 1. The molecule has 4 aromatic rings. The number of benzene rings is 1. The lowest BCUT2D eigenvalue weighted by molar-refractivity contribution is -0.125. The Morgan fingerprint density at radius 2 is 2.12 bits per heavy atom. The monoisotopic (exact) mass is 449 g/mol. The van der Waals surface area contributed by atoms with Crippen molar-refractivity contribution in [2.45, 2.75) is 12.5 Å². The van der Waals surface area contributed by atoms with E-state index in [0.717, 1.165) is 49.5 Å². The number of nitrogen functional groups attached to an aromatic ring is 1. The molecule has 0 saturated carbocycles. The average molecular weight is 450 g/mol. The van der Waals surface area contributed by atoms with Crippen LogP contribution >= 0.6 is 11.3 Å². The first-order valence-corrected chi connectivity index (χ1v) is 11.0. The normalized spacial score (nSPS) is 16.1. The van der Waals surface area contributed by atoms with Crippen LogP contribution in [0.5, 0.6) is 11.5 Å². The summed E-state index contributed by atoms with van der Waals surface area (Å²) in [7, 11) is 3.29. The number of ether oxygens (including phenoxy) is 2. The average Bonchev–Trinajstić information content (AvgIpc) is 3.54. The van der Waals surface area contributed by atoms with E-state index in [2.05, 4.69) is 33.4 Å². The Bertz CT molecular complexity index is 1360. The summed E-state index contributed by atoms with van der Waals surface area (Å²) in [5, 5.41) is 1.85. The van der Waals surface area contributed by atoms with Gasteiger partial charge in [-0.25, -0.2) is 9.97 Å². The van der Waals surface area contributed by atoms with Gasteiger partial charge in [0.15, 0.2) is 0 Å². The molecule has 1 amide bonds. The van der Waals surface area contributed by atoms with Crippen LogP contribution in [0.15, 0.2) is 43.4 Å². The summed E-state index contributed by atoms with van der Waals surface area (Å²) in [5.41, 5.74) is 8.05. The number of nitrogens with two attached hydrogens (primary N) is 1. The summed E-state index contributed by atoms with van der Waals surface area (Å²) >= 11 is 1.63. The zero-order valence-electron chi connectivity index (χ0n) is 17.9. The lowest BCUT2D eigenvalue weighted by Gasteiger charge is -2.15. The number of methoxy groups -OCH3 is 2. The Balaban J connectivity index is 1.66. The number of likely N-dealkylation sites (tertiary alicyclic amines) is 1. The molecule has 1 aromatic carbocycles. The van der Waals surface area contributed by atoms with E-state index >= 15 is 0 Å². The molecule has 1 aliphatic heterocycles. The second-order valence-electron chi connectivity index (χ2n) is 7.70. The first-order valence-electron chi connectivity index (χ1n) is 10.2. The molecule has 2 N–H and O–H groups in total. The second kappa shape index (κ2) is 7.83. The molecule has 164 valence electrons. The maximum absolute atomic E-state index is 12.1. The van der Waals surface area contributed by atoms with Crippen LogP contribution in [0.2, 0.25) is 0 Å². The number of anilines is 1. The third-order valence-electron chi connectivity index (χ3n) is 5.96. The van der Waals surface area contributed by atoms with Crippen LogP contribution in [0.25, 0.3) is 31.6 Å². The molecule has 1 saturated heterocycles. The molecule has 5 rings (SSSR count). The fourth-order valence-electron chi connectivity index (χ4n) is 4.37. The molecule has 4 heterocycles. The van der Waals surface area contributed by atoms with Gasteiger partial charge in [-0.15, -0.1) is 11.3 Å². The highest BCUT2D eigenvalue weighted by molar-refractivity contribution is 7.22. The van der Waals surface area contributed by atoms with Crippen molar-refractivity contribution < 1.29 is 14.3 Å². The number of carbonyl (C=O) groups excluding carboxylic acids is 1. The quantitative estimate of drug-likeness (QED) is 0.465. The van der Waals surface area contributed by atoms with Gasteiger partial charge in [0.25, 0.3) is 0 Å². The molecule has 1 fully saturated rings. The van der Waals surface area contributed by atoms with Crippen LogP contribution in [-0.2, 0) is 4.79 Å². The van der Waals surface area contributed by atoms with Gasteiger partial charge >= 0.3 is 0 Å². The van der Waals surface area contributed by atoms with E-state index in [1.54, 1.807) is 25.6 Å². The molecule has 0 radical (unpaired) electrons. The fourth-order valence-corrected chi connectivity index (χ4v) is 5.52. The van der Waals surface area contributed by atoms with Gasteiger partial charge in [0, 0.05) is 41.2 Å². The molecule has 3 aromatic heterocycles. The lowest BCUT2D eigenvalue weighted by Crippen LogP contribution is -2.27. The SMILES string of the molecule is C=CC(=O)N1CCC(n2cc(-c3cc4cc(OC)cc(OC)c4s3)c3c(N)ncnc32)C1. The van der Waals surface area contributed by atoms with Gasteiger partial charge in [0.2, 0.25) is 5.91 Å². The fraction of sp³-hybridized carbons (Fsp3) is 0.261. The molecule has 0 bridgehead atoms. The van der Waals surface area contributed by atoms with Crippen LogP contribution in [-0.4, -0.2) is 52.7 Å². The number of aromatic nitrogens is 3. The number of amides is 1. The molecular formula is C23H23N5O3S. The topological polar surface area (TPSA) is 95.5 Å². The number of hydrogen-bond acceptors (Lipinski definition) is 7. The highest BCUT2D eigenvalue weighted by atomic mass is 32.1. The van der Waals surface area contributed by atoms with Crippen molar-refractivity contribution in [3.8, 4) is 21.9 Å². The third kappa shape index (κ3) is 3.16. The third-order valence-corrected chi connectivity index (χ3v) is 7.16. The first kappa shape index (κ1) is 20.3. The van der Waals surface area contributed by atoms with E-state index in [0.29, 0.717) is 18.9 Å². The summed E-state index contributed by atoms with van der Waals surface area (Å²) < 4.78 is 14.2. The van der Waals surface area contributed by atoms with Crippen LogP contribution in [0, 0.1) is 0 Å². The molecule has 9 heteroatoms. The molecular weight excluding hydrogens is 426 g/mol. The van der Waals surface area contributed by atoms with Gasteiger partial charge in [-0.05, 0) is 24.6 Å². The van der Waals surface area contributed by atoms with Crippen LogP contribution in [0.3, 0.4) is 0 Å². The van der Waals surface area contributed by atoms with Crippen molar-refractivity contribution >= 4 is 44.2 Å². The molecule has 1 atom stereocenters. The first-order chi connectivity index (χ1) is 15.5. The zero-order valence-corrected chi connectivity index (χ0v) is 18.7. The van der Waals surface area contributed by atoms with Crippen molar-refractivity contribution in [2.24, 2.45) is 0 Å². The minimum atomic E-state index is -0.0520. The van der Waals surface area contributed by atoms with Gasteiger partial charge in [-0.1, -0.05) is 6.58 Å². The number of carbonyl (C=O) groups is 1. The van der Waals surface area contributed by atoms with Crippen molar-refractivity contribution in [1.29, 1.82) is 0 Å². The summed E-state index contributed by atoms with van der Waals surface area (Å²) in [6.07, 6.45) is 5.76. The number of thiophene rings is 1. The maximum Gasteiger partial charge on any atom is 0.246 e. The Hall–Kier alpha value is -3.59. The Morgan fingerprint density at radius 3 is 2.88 bits per heavy atom. The minimum Gasteiger partial charge on any atom is -0.497 e. The Kier molecular flexibility index (Phi) is 4.97. The maximum atomic E-state index is 12.1. The van der Waals surface area contributed by atoms with Gasteiger partial charge in [-0.2, -0.15) is 0 Å². The molecule has 0 aliphatic carbocycles. The molecule has 1 unspecified atom stereocenters. The van der Waals surface area contributed by atoms with E-state index in [-0.39, 0.29) is 11.9 Å². The number of rotatable bonds is 5. The van der Waals surface area contributed by atoms with Gasteiger partial charge in [0.05, 0.1) is 30.3 Å². The van der Waals surface area contributed by atoms with Crippen molar-refractivity contribution in [1.82, 2.24) is 19.4 Å². The molecule has 1 aliphatic rings. The number of nitrogens with zero attached hydrogens (tertiary/aromatic N) is 4. The standard InChI is InChI=1S/C23H23N5O3S/c1-4-19(29)27-6-5-14(10-27)28-11-16(20-22(24)25-12-26-23(20)28)18-8-13-7-15(30-2)9-17(31-3)21(13)32-18/h4,7-9,11-12,14H,1,5-6,10H2,2-3H3,(H2,24,25,26). The van der Waals surface area contributed by atoms with E-state index < -0.39 is 0 Å². The summed E-state index contributed by atoms with van der Waals surface area (Å²) in [6.45, 7) is 4.89. The largest absolute Gasteiger partial charge is 0.497 e.